The largest absolute Gasteiger partial charge is 0.348 e. The first-order chi connectivity index (χ1) is 12.6. The molecule has 4 rings (SSSR count). The molecule has 0 radical (unpaired) electrons. The molecule has 26 heavy (non-hydrogen) atoms. The van der Waals surface area contributed by atoms with Crippen LogP contribution >= 0.6 is 11.3 Å². The molecular formula is C18H18FN5OS. The van der Waals surface area contributed by atoms with Gasteiger partial charge in [-0.1, -0.05) is 6.07 Å². The standard InChI is InChI=1S/C18H18FN5OS/c1-11(12-3-2-6-20-9-12)21-18-22-14-5-8-26-16(14)15(23-18)17(25)24-7-4-13(19)10-24/h2-3,5-6,8-9,11,13H,4,7,10H2,1H3,(H,21,22,23)/t11?,13-/m0/s1. The number of pyridine rings is 1. The second-order valence-electron chi connectivity index (χ2n) is 6.32. The fourth-order valence-electron chi connectivity index (χ4n) is 3.03. The second kappa shape index (κ2) is 6.95. The van der Waals surface area contributed by atoms with Crippen LogP contribution in [0, 0.1) is 0 Å². The van der Waals surface area contributed by atoms with Crippen LogP contribution in [0.4, 0.5) is 10.3 Å². The Bertz CT molecular complexity index is 932. The topological polar surface area (TPSA) is 71.0 Å². The predicted octanol–water partition coefficient (Wildman–Crippen LogP) is 3.44. The number of rotatable bonds is 4. The van der Waals surface area contributed by atoms with E-state index in [0.717, 1.165) is 10.3 Å². The second-order valence-corrected chi connectivity index (χ2v) is 7.24. The van der Waals surface area contributed by atoms with Crippen molar-refractivity contribution in [3.63, 3.8) is 0 Å². The van der Waals surface area contributed by atoms with E-state index in [-0.39, 0.29) is 18.5 Å². The summed E-state index contributed by atoms with van der Waals surface area (Å²) in [6, 6.07) is 5.63. The van der Waals surface area contributed by atoms with Crippen LogP contribution in [0.3, 0.4) is 0 Å². The highest BCUT2D eigenvalue weighted by Gasteiger charge is 2.29. The van der Waals surface area contributed by atoms with E-state index in [2.05, 4.69) is 20.3 Å². The zero-order chi connectivity index (χ0) is 18.1. The first-order valence-corrected chi connectivity index (χ1v) is 9.35. The molecule has 1 amide bonds. The van der Waals surface area contributed by atoms with Gasteiger partial charge in [-0.2, -0.15) is 0 Å². The highest BCUT2D eigenvalue weighted by molar-refractivity contribution is 7.17. The first kappa shape index (κ1) is 16.8. The third-order valence-corrected chi connectivity index (χ3v) is 5.36. The van der Waals surface area contributed by atoms with Crippen molar-refractivity contribution >= 4 is 33.4 Å². The highest BCUT2D eigenvalue weighted by atomic mass is 32.1. The number of alkyl halides is 1. The molecule has 134 valence electrons. The molecule has 3 aromatic heterocycles. The zero-order valence-corrected chi connectivity index (χ0v) is 15.0. The Morgan fingerprint density at radius 1 is 1.42 bits per heavy atom. The number of anilines is 1. The number of halogens is 1. The lowest BCUT2D eigenvalue weighted by molar-refractivity contribution is 0.0779. The number of hydrogen-bond donors (Lipinski definition) is 1. The minimum Gasteiger partial charge on any atom is -0.348 e. The number of carbonyl (C=O) groups excluding carboxylic acids is 1. The van der Waals surface area contributed by atoms with Crippen molar-refractivity contribution < 1.29 is 9.18 Å². The Labute approximate surface area is 154 Å². The molecule has 2 atom stereocenters. The number of hydrogen-bond acceptors (Lipinski definition) is 6. The molecule has 1 aliphatic heterocycles. The summed E-state index contributed by atoms with van der Waals surface area (Å²) in [7, 11) is 0. The van der Waals surface area contributed by atoms with Gasteiger partial charge in [-0.05, 0) is 36.4 Å². The van der Waals surface area contributed by atoms with Crippen molar-refractivity contribution in [3.05, 3.63) is 47.2 Å². The van der Waals surface area contributed by atoms with Gasteiger partial charge >= 0.3 is 0 Å². The van der Waals surface area contributed by atoms with Gasteiger partial charge in [0.15, 0.2) is 5.69 Å². The number of amides is 1. The number of carbonyl (C=O) groups is 1. The molecule has 0 aromatic carbocycles. The van der Waals surface area contributed by atoms with Gasteiger partial charge in [-0.15, -0.1) is 11.3 Å². The maximum Gasteiger partial charge on any atom is 0.274 e. The van der Waals surface area contributed by atoms with Crippen molar-refractivity contribution in [3.8, 4) is 0 Å². The summed E-state index contributed by atoms with van der Waals surface area (Å²) in [5.41, 5.74) is 2.04. The van der Waals surface area contributed by atoms with Gasteiger partial charge in [-0.3, -0.25) is 9.78 Å². The molecule has 0 aliphatic carbocycles. The molecule has 1 fully saturated rings. The molecule has 1 unspecified atom stereocenters. The molecule has 3 aromatic rings. The van der Waals surface area contributed by atoms with E-state index in [9.17, 15) is 9.18 Å². The number of thiophene rings is 1. The number of likely N-dealkylation sites (tertiary alicyclic amines) is 1. The highest BCUT2D eigenvalue weighted by Crippen LogP contribution is 2.27. The van der Waals surface area contributed by atoms with Crippen molar-refractivity contribution in [1.29, 1.82) is 0 Å². The quantitative estimate of drug-likeness (QED) is 0.761. The van der Waals surface area contributed by atoms with Crippen LogP contribution in [0.2, 0.25) is 0 Å². The minimum atomic E-state index is -0.956. The lowest BCUT2D eigenvalue weighted by Crippen LogP contribution is -2.30. The molecule has 4 heterocycles. The lowest BCUT2D eigenvalue weighted by Gasteiger charge is -2.17. The Kier molecular flexibility index (Phi) is 4.50. The van der Waals surface area contributed by atoms with Crippen LogP contribution in [-0.2, 0) is 0 Å². The van der Waals surface area contributed by atoms with Crippen molar-refractivity contribution in [2.45, 2.75) is 25.6 Å². The zero-order valence-electron chi connectivity index (χ0n) is 14.2. The average Bonchev–Trinajstić information content (AvgIpc) is 3.30. The number of nitrogens with one attached hydrogen (secondary N) is 1. The lowest BCUT2D eigenvalue weighted by atomic mass is 10.1. The van der Waals surface area contributed by atoms with Crippen LogP contribution in [0.15, 0.2) is 36.0 Å². The van der Waals surface area contributed by atoms with E-state index < -0.39 is 6.17 Å². The summed E-state index contributed by atoms with van der Waals surface area (Å²) >= 11 is 1.42. The van der Waals surface area contributed by atoms with Gasteiger partial charge < -0.3 is 10.2 Å². The van der Waals surface area contributed by atoms with Gasteiger partial charge in [-0.25, -0.2) is 14.4 Å². The molecule has 8 heteroatoms. The molecule has 1 N–H and O–H groups in total. The van der Waals surface area contributed by atoms with Crippen LogP contribution in [-0.4, -0.2) is 45.0 Å². The monoisotopic (exact) mass is 371 g/mol. The maximum atomic E-state index is 13.5. The number of aromatic nitrogens is 3. The predicted molar refractivity (Wildman–Crippen MR) is 99.1 cm³/mol. The van der Waals surface area contributed by atoms with E-state index in [0.29, 0.717) is 30.1 Å². The maximum absolute atomic E-state index is 13.5. The van der Waals surface area contributed by atoms with E-state index >= 15 is 0 Å². The van der Waals surface area contributed by atoms with Crippen LogP contribution in [0.1, 0.15) is 35.4 Å². The Morgan fingerprint density at radius 2 is 2.31 bits per heavy atom. The number of fused-ring (bicyclic) bond motifs is 1. The summed E-state index contributed by atoms with van der Waals surface area (Å²) in [6.45, 7) is 2.53. The van der Waals surface area contributed by atoms with Crippen molar-refractivity contribution in [2.75, 3.05) is 18.4 Å². The number of nitrogens with zero attached hydrogens (tertiary/aromatic N) is 4. The molecule has 0 spiro atoms. The van der Waals surface area contributed by atoms with E-state index in [1.54, 1.807) is 12.4 Å². The fraction of sp³-hybridized carbons (Fsp3) is 0.333. The molecule has 0 bridgehead atoms. The normalized spacial score (nSPS) is 18.2. The summed E-state index contributed by atoms with van der Waals surface area (Å²) < 4.78 is 14.2. The Balaban J connectivity index is 1.65. The molecule has 1 saturated heterocycles. The van der Waals surface area contributed by atoms with Crippen LogP contribution in [0.5, 0.6) is 0 Å². The van der Waals surface area contributed by atoms with Crippen molar-refractivity contribution in [1.82, 2.24) is 19.9 Å². The molecule has 1 aliphatic rings. The Hall–Kier alpha value is -2.61. The third-order valence-electron chi connectivity index (χ3n) is 4.45. The summed E-state index contributed by atoms with van der Waals surface area (Å²) in [6.07, 6.45) is 2.92. The smallest absolute Gasteiger partial charge is 0.274 e. The summed E-state index contributed by atoms with van der Waals surface area (Å²) in [5, 5.41) is 5.11. The van der Waals surface area contributed by atoms with Crippen LogP contribution < -0.4 is 5.32 Å². The molecule has 6 nitrogen and oxygen atoms in total. The van der Waals surface area contributed by atoms with Gasteiger partial charge in [0.05, 0.1) is 22.8 Å². The minimum absolute atomic E-state index is 0.0650. The first-order valence-electron chi connectivity index (χ1n) is 8.47. The fourth-order valence-corrected chi connectivity index (χ4v) is 3.85. The SMILES string of the molecule is CC(Nc1nc(C(=O)N2CC[C@H](F)C2)c2sccc2n1)c1cccnc1. The summed E-state index contributed by atoms with van der Waals surface area (Å²) in [5.74, 6) is 0.142. The molecule has 0 saturated carbocycles. The summed E-state index contributed by atoms with van der Waals surface area (Å²) in [4.78, 5) is 27.5. The Morgan fingerprint density at radius 3 is 3.04 bits per heavy atom. The van der Waals surface area contributed by atoms with Gasteiger partial charge in [0, 0.05) is 18.9 Å². The van der Waals surface area contributed by atoms with Crippen LogP contribution in [0.25, 0.3) is 10.2 Å². The van der Waals surface area contributed by atoms with Crippen molar-refractivity contribution in [2.24, 2.45) is 0 Å². The van der Waals surface area contributed by atoms with E-state index in [1.807, 2.05) is 30.5 Å². The average molecular weight is 371 g/mol. The molecular weight excluding hydrogens is 353 g/mol. The van der Waals surface area contributed by atoms with Gasteiger partial charge in [0.2, 0.25) is 5.95 Å². The third kappa shape index (κ3) is 3.24. The van der Waals surface area contributed by atoms with E-state index in [1.165, 1.54) is 16.2 Å². The van der Waals surface area contributed by atoms with E-state index in [4.69, 9.17) is 0 Å². The van der Waals surface area contributed by atoms with Gasteiger partial charge in [0.25, 0.3) is 5.91 Å². The van der Waals surface area contributed by atoms with Gasteiger partial charge in [0.1, 0.15) is 6.17 Å².